The van der Waals surface area contributed by atoms with Crippen molar-refractivity contribution in [2.24, 2.45) is 0 Å². The molecule has 2 heterocycles. The summed E-state index contributed by atoms with van der Waals surface area (Å²) in [5.74, 6) is -1.94. The maximum absolute atomic E-state index is 13.4. The number of hydrogen-bond donors (Lipinski definition) is 1. The number of carbonyl (C=O) groups is 3. The number of aryl methyl sites for hydroxylation is 3. The number of rotatable bonds is 8. The van der Waals surface area contributed by atoms with Crippen LogP contribution in [0.4, 0.5) is 5.13 Å². The van der Waals surface area contributed by atoms with E-state index in [1.54, 1.807) is 50.3 Å². The molecule has 9 heteroatoms. The van der Waals surface area contributed by atoms with Gasteiger partial charge in [0.25, 0.3) is 5.78 Å². The van der Waals surface area contributed by atoms with Gasteiger partial charge in [0.2, 0.25) is 0 Å². The van der Waals surface area contributed by atoms with E-state index in [0.717, 1.165) is 22.5 Å². The predicted octanol–water partition coefficient (Wildman–Crippen LogP) is 5.44. The smallest absolute Gasteiger partial charge is 0.350 e. The number of esters is 1. The summed E-state index contributed by atoms with van der Waals surface area (Å²) in [6.45, 7) is 11.2. The molecule has 1 fully saturated rings. The number of ketones is 1. The van der Waals surface area contributed by atoms with Gasteiger partial charge in [0.15, 0.2) is 5.13 Å². The Balaban J connectivity index is 1.87. The van der Waals surface area contributed by atoms with Crippen LogP contribution in [0.1, 0.15) is 50.6 Å². The van der Waals surface area contributed by atoms with Crippen molar-refractivity contribution in [2.45, 2.75) is 33.7 Å². The second-order valence-corrected chi connectivity index (χ2v) is 9.77. The van der Waals surface area contributed by atoms with E-state index in [9.17, 15) is 19.5 Å². The van der Waals surface area contributed by atoms with Gasteiger partial charge in [-0.25, -0.2) is 9.78 Å². The molecular weight excluding hydrogens is 504 g/mol. The SMILES string of the molecule is C=CCOc1ccc(/C(O)=C2\C(=O)C(=O)N(c3nc(C)c(C(=O)OCC)s3)C2c2ccc(C)cc2)cc1C. The third-order valence-corrected chi connectivity index (χ3v) is 7.23. The van der Waals surface area contributed by atoms with Gasteiger partial charge in [-0.05, 0) is 57.0 Å². The van der Waals surface area contributed by atoms with Crippen LogP contribution in [-0.4, -0.2) is 41.0 Å². The number of aliphatic hydroxyl groups excluding tert-OH is 1. The minimum absolute atomic E-state index is 0.0662. The highest BCUT2D eigenvalue weighted by atomic mass is 32.1. The van der Waals surface area contributed by atoms with Crippen LogP contribution < -0.4 is 9.64 Å². The molecule has 1 aliphatic heterocycles. The highest BCUT2D eigenvalue weighted by Gasteiger charge is 2.48. The van der Waals surface area contributed by atoms with E-state index in [0.29, 0.717) is 29.2 Å². The topological polar surface area (TPSA) is 106 Å². The van der Waals surface area contributed by atoms with Crippen molar-refractivity contribution in [3.8, 4) is 5.75 Å². The predicted molar refractivity (Wildman–Crippen MR) is 146 cm³/mol. The Bertz CT molecular complexity index is 1450. The maximum atomic E-state index is 13.4. The zero-order chi connectivity index (χ0) is 27.6. The van der Waals surface area contributed by atoms with Crippen molar-refractivity contribution in [3.05, 3.63) is 93.5 Å². The largest absolute Gasteiger partial charge is 0.507 e. The summed E-state index contributed by atoms with van der Waals surface area (Å²) in [6.07, 6.45) is 1.63. The quantitative estimate of drug-likeness (QED) is 0.135. The van der Waals surface area contributed by atoms with Gasteiger partial charge >= 0.3 is 11.9 Å². The summed E-state index contributed by atoms with van der Waals surface area (Å²) in [5, 5.41) is 11.6. The molecule has 196 valence electrons. The van der Waals surface area contributed by atoms with Crippen molar-refractivity contribution in [1.82, 2.24) is 4.98 Å². The fraction of sp³-hybridized carbons (Fsp3) is 0.241. The third-order valence-electron chi connectivity index (χ3n) is 6.09. The van der Waals surface area contributed by atoms with Crippen molar-refractivity contribution in [1.29, 1.82) is 0 Å². The zero-order valence-corrected chi connectivity index (χ0v) is 22.4. The average molecular weight is 533 g/mol. The summed E-state index contributed by atoms with van der Waals surface area (Å²) < 4.78 is 10.7. The molecule has 0 spiro atoms. The summed E-state index contributed by atoms with van der Waals surface area (Å²) in [4.78, 5) is 45.2. The number of aliphatic hydroxyl groups is 1. The van der Waals surface area contributed by atoms with Crippen LogP contribution in [0.2, 0.25) is 0 Å². The van der Waals surface area contributed by atoms with Crippen molar-refractivity contribution in [3.63, 3.8) is 0 Å². The molecule has 1 N–H and O–H groups in total. The molecule has 0 radical (unpaired) electrons. The number of anilines is 1. The number of ether oxygens (including phenoxy) is 2. The van der Waals surface area contributed by atoms with Crippen molar-refractivity contribution < 1.29 is 29.0 Å². The summed E-state index contributed by atoms with van der Waals surface area (Å²) in [7, 11) is 0. The number of thiazole rings is 1. The van der Waals surface area contributed by atoms with E-state index in [1.165, 1.54) is 4.90 Å². The Morgan fingerprint density at radius 2 is 1.87 bits per heavy atom. The van der Waals surface area contributed by atoms with Crippen LogP contribution in [0.5, 0.6) is 5.75 Å². The first kappa shape index (κ1) is 26.8. The summed E-state index contributed by atoms with van der Waals surface area (Å²) in [5.41, 5.74) is 3.04. The lowest BCUT2D eigenvalue weighted by Crippen LogP contribution is -2.29. The minimum atomic E-state index is -0.951. The molecule has 1 amide bonds. The third kappa shape index (κ3) is 4.97. The van der Waals surface area contributed by atoms with Gasteiger partial charge in [0.05, 0.1) is 23.9 Å². The molecule has 1 unspecified atom stereocenters. The first-order valence-corrected chi connectivity index (χ1v) is 12.9. The average Bonchev–Trinajstić information content (AvgIpc) is 3.40. The molecular formula is C29H28N2O6S. The number of nitrogens with zero attached hydrogens (tertiary/aromatic N) is 2. The van der Waals surface area contributed by atoms with E-state index < -0.39 is 23.7 Å². The fourth-order valence-corrected chi connectivity index (χ4v) is 5.22. The van der Waals surface area contributed by atoms with E-state index in [4.69, 9.17) is 9.47 Å². The fourth-order valence-electron chi connectivity index (χ4n) is 4.23. The first-order chi connectivity index (χ1) is 18.2. The number of hydrogen-bond acceptors (Lipinski definition) is 8. The van der Waals surface area contributed by atoms with Crippen molar-refractivity contribution in [2.75, 3.05) is 18.1 Å². The van der Waals surface area contributed by atoms with Gasteiger partial charge in [-0.3, -0.25) is 14.5 Å². The lowest BCUT2D eigenvalue weighted by atomic mass is 9.94. The molecule has 2 aromatic carbocycles. The summed E-state index contributed by atoms with van der Waals surface area (Å²) in [6, 6.07) is 11.4. The van der Waals surface area contributed by atoms with Gasteiger partial charge in [0, 0.05) is 5.56 Å². The standard InChI is InChI=1S/C29H28N2O6S/c1-6-14-37-21-13-12-20(15-17(21)4)24(32)22-23(19-10-8-16(3)9-11-19)31(27(34)25(22)33)29-30-18(5)26(38-29)28(35)36-7-2/h6,8-13,15,23,32H,1,7,14H2,2-5H3/b24-22+. The van der Waals surface area contributed by atoms with Crippen LogP contribution in [0.15, 0.2) is 60.7 Å². The molecule has 0 aliphatic carbocycles. The molecule has 0 saturated carbocycles. The molecule has 0 bridgehead atoms. The molecule has 1 atom stereocenters. The number of amides is 1. The second kappa shape index (κ2) is 11.0. The van der Waals surface area contributed by atoms with Crippen LogP contribution in [-0.2, 0) is 14.3 Å². The molecule has 1 aliphatic rings. The van der Waals surface area contributed by atoms with Crippen LogP contribution in [0.25, 0.3) is 5.76 Å². The number of Topliss-reactive ketones (excluding diaryl/α,β-unsaturated/α-hetero) is 1. The molecule has 3 aromatic rings. The van der Waals surface area contributed by atoms with Gasteiger partial charge in [-0.2, -0.15) is 0 Å². The van der Waals surface area contributed by atoms with E-state index >= 15 is 0 Å². The first-order valence-electron chi connectivity index (χ1n) is 12.0. The maximum Gasteiger partial charge on any atom is 0.350 e. The number of aromatic nitrogens is 1. The van der Waals surface area contributed by atoms with Gasteiger partial charge < -0.3 is 14.6 Å². The van der Waals surface area contributed by atoms with Gasteiger partial charge in [-0.15, -0.1) is 0 Å². The zero-order valence-electron chi connectivity index (χ0n) is 21.6. The van der Waals surface area contributed by atoms with Gasteiger partial charge in [0.1, 0.15) is 23.0 Å². The molecule has 8 nitrogen and oxygen atoms in total. The molecule has 1 aromatic heterocycles. The molecule has 38 heavy (non-hydrogen) atoms. The normalized spacial score (nSPS) is 16.5. The Hall–Kier alpha value is -4.24. The van der Waals surface area contributed by atoms with Crippen LogP contribution in [0.3, 0.4) is 0 Å². The number of carbonyl (C=O) groups excluding carboxylic acids is 3. The second-order valence-electron chi connectivity index (χ2n) is 8.79. The number of benzene rings is 2. The van der Waals surface area contributed by atoms with Crippen LogP contribution >= 0.6 is 11.3 Å². The van der Waals surface area contributed by atoms with E-state index in [1.807, 2.05) is 26.0 Å². The summed E-state index contributed by atoms with van der Waals surface area (Å²) >= 11 is 0.972. The Morgan fingerprint density at radius 3 is 2.50 bits per heavy atom. The van der Waals surface area contributed by atoms with Crippen molar-refractivity contribution >= 4 is 39.9 Å². The highest BCUT2D eigenvalue weighted by molar-refractivity contribution is 7.17. The van der Waals surface area contributed by atoms with Gasteiger partial charge in [-0.1, -0.05) is 53.8 Å². The molecule has 1 saturated heterocycles. The highest BCUT2D eigenvalue weighted by Crippen LogP contribution is 2.44. The van der Waals surface area contributed by atoms with E-state index in [-0.39, 0.29) is 27.9 Å². The molecule has 4 rings (SSSR count). The Morgan fingerprint density at radius 1 is 1.16 bits per heavy atom. The van der Waals surface area contributed by atoms with E-state index in [2.05, 4.69) is 11.6 Å². The Kier molecular flexibility index (Phi) is 7.78. The lowest BCUT2D eigenvalue weighted by molar-refractivity contribution is -0.132. The minimum Gasteiger partial charge on any atom is -0.507 e. The van der Waals surface area contributed by atoms with Crippen LogP contribution in [0, 0.1) is 20.8 Å². The Labute approximate surface area is 224 Å². The lowest BCUT2D eigenvalue weighted by Gasteiger charge is -2.23. The monoisotopic (exact) mass is 532 g/mol.